The summed E-state index contributed by atoms with van der Waals surface area (Å²) in [4.78, 5) is 0. The Morgan fingerprint density at radius 1 is 0.870 bits per heavy atom. The van der Waals surface area contributed by atoms with Gasteiger partial charge in [0.15, 0.2) is 0 Å². The number of hydrogen-bond acceptors (Lipinski definition) is 1. The average Bonchev–Trinajstić information content (AvgIpc) is 2.62. The first kappa shape index (κ1) is 15.0. The van der Waals surface area contributed by atoms with Crippen molar-refractivity contribution < 1.29 is 0 Å². The largest absolute Gasteiger partial charge is 0.308 e. The van der Waals surface area contributed by atoms with Crippen molar-refractivity contribution in [2.45, 2.75) is 57.5 Å². The predicted molar refractivity (Wildman–Crippen MR) is 96.5 cm³/mol. The Hall–Kier alpha value is -1.60. The van der Waals surface area contributed by atoms with Crippen LogP contribution in [0.15, 0.2) is 54.6 Å². The van der Waals surface area contributed by atoms with Gasteiger partial charge in [0.05, 0.1) is 0 Å². The zero-order chi connectivity index (χ0) is 15.7. The summed E-state index contributed by atoms with van der Waals surface area (Å²) in [7, 11) is 0. The fraction of sp³-hybridized carbons (Fsp3) is 0.455. The van der Waals surface area contributed by atoms with Crippen molar-refractivity contribution in [1.82, 2.24) is 5.32 Å². The van der Waals surface area contributed by atoms with Crippen LogP contribution in [0.3, 0.4) is 0 Å². The van der Waals surface area contributed by atoms with E-state index in [1.807, 2.05) is 0 Å². The van der Waals surface area contributed by atoms with Crippen LogP contribution in [0.5, 0.6) is 0 Å². The first-order valence-corrected chi connectivity index (χ1v) is 9.14. The van der Waals surface area contributed by atoms with Crippen LogP contribution in [0.25, 0.3) is 0 Å². The maximum Gasteiger partial charge on any atom is 0.0252 e. The molecule has 1 heterocycles. The molecular weight excluding hydrogens is 278 g/mol. The summed E-state index contributed by atoms with van der Waals surface area (Å²) in [6.07, 6.45) is 6.90. The molecule has 23 heavy (non-hydrogen) atoms. The monoisotopic (exact) mass is 305 g/mol. The summed E-state index contributed by atoms with van der Waals surface area (Å²) >= 11 is 0. The van der Waals surface area contributed by atoms with Crippen molar-refractivity contribution in [2.75, 3.05) is 0 Å². The SMILES string of the molecule is CC1(C2NCc3ccccc3C2c2ccccc2)CCCCC1. The summed E-state index contributed by atoms with van der Waals surface area (Å²) in [5, 5.41) is 3.93. The first-order chi connectivity index (χ1) is 11.3. The second kappa shape index (κ2) is 6.13. The van der Waals surface area contributed by atoms with Crippen LogP contribution >= 0.6 is 0 Å². The molecule has 2 aromatic carbocycles. The van der Waals surface area contributed by atoms with E-state index in [1.165, 1.54) is 48.8 Å². The molecule has 1 fully saturated rings. The molecule has 120 valence electrons. The van der Waals surface area contributed by atoms with Crippen molar-refractivity contribution in [3.63, 3.8) is 0 Å². The van der Waals surface area contributed by atoms with Gasteiger partial charge in [-0.3, -0.25) is 0 Å². The molecule has 0 bridgehead atoms. The van der Waals surface area contributed by atoms with E-state index in [0.717, 1.165) is 6.54 Å². The van der Waals surface area contributed by atoms with Crippen molar-refractivity contribution >= 4 is 0 Å². The number of hydrogen-bond donors (Lipinski definition) is 1. The average molecular weight is 305 g/mol. The van der Waals surface area contributed by atoms with Crippen LogP contribution in [0, 0.1) is 5.41 Å². The highest BCUT2D eigenvalue weighted by molar-refractivity contribution is 5.42. The zero-order valence-electron chi connectivity index (χ0n) is 14.1. The Balaban J connectivity index is 1.79. The molecule has 0 aromatic heterocycles. The first-order valence-electron chi connectivity index (χ1n) is 9.14. The lowest BCUT2D eigenvalue weighted by molar-refractivity contribution is 0.126. The highest BCUT2D eigenvalue weighted by Crippen LogP contribution is 2.47. The zero-order valence-corrected chi connectivity index (χ0v) is 14.1. The van der Waals surface area contributed by atoms with Gasteiger partial charge in [-0.2, -0.15) is 0 Å². The summed E-state index contributed by atoms with van der Waals surface area (Å²) in [5.41, 5.74) is 4.88. The fourth-order valence-corrected chi connectivity index (χ4v) is 4.87. The lowest BCUT2D eigenvalue weighted by Gasteiger charge is -2.48. The molecular formula is C22H27N. The summed E-state index contributed by atoms with van der Waals surface area (Å²) in [6, 6.07) is 20.7. The third-order valence-corrected chi connectivity index (χ3v) is 6.14. The maximum absolute atomic E-state index is 3.93. The minimum absolute atomic E-state index is 0.409. The molecule has 0 radical (unpaired) electrons. The molecule has 0 amide bonds. The van der Waals surface area contributed by atoms with Gasteiger partial charge in [0.25, 0.3) is 0 Å². The molecule has 2 atom stereocenters. The van der Waals surface area contributed by atoms with Gasteiger partial charge in [0.2, 0.25) is 0 Å². The van der Waals surface area contributed by atoms with E-state index in [1.54, 1.807) is 0 Å². The van der Waals surface area contributed by atoms with Gasteiger partial charge >= 0.3 is 0 Å². The second-order valence-corrected chi connectivity index (χ2v) is 7.66. The Morgan fingerprint density at radius 3 is 2.35 bits per heavy atom. The van der Waals surface area contributed by atoms with E-state index < -0.39 is 0 Å². The van der Waals surface area contributed by atoms with Crippen molar-refractivity contribution in [3.05, 3.63) is 71.3 Å². The molecule has 1 aliphatic carbocycles. The van der Waals surface area contributed by atoms with Gasteiger partial charge in [-0.05, 0) is 34.9 Å². The molecule has 4 rings (SSSR count). The highest BCUT2D eigenvalue weighted by atomic mass is 15.0. The second-order valence-electron chi connectivity index (χ2n) is 7.66. The molecule has 1 saturated carbocycles. The van der Waals surface area contributed by atoms with Gasteiger partial charge in [-0.1, -0.05) is 80.8 Å². The van der Waals surface area contributed by atoms with Gasteiger partial charge in [0, 0.05) is 18.5 Å². The van der Waals surface area contributed by atoms with E-state index in [9.17, 15) is 0 Å². The van der Waals surface area contributed by atoms with Gasteiger partial charge in [-0.25, -0.2) is 0 Å². The molecule has 1 nitrogen and oxygen atoms in total. The molecule has 2 unspecified atom stereocenters. The predicted octanol–water partition coefficient (Wildman–Crippen LogP) is 5.26. The Kier molecular flexibility index (Phi) is 3.98. The van der Waals surface area contributed by atoms with Gasteiger partial charge < -0.3 is 5.32 Å². The van der Waals surface area contributed by atoms with E-state index in [0.29, 0.717) is 17.4 Å². The van der Waals surface area contributed by atoms with Crippen LogP contribution in [-0.4, -0.2) is 6.04 Å². The van der Waals surface area contributed by atoms with E-state index in [2.05, 4.69) is 66.8 Å². The van der Waals surface area contributed by atoms with E-state index in [4.69, 9.17) is 0 Å². The highest BCUT2D eigenvalue weighted by Gasteiger charge is 2.43. The standard InChI is InChI=1S/C22H27N/c1-22(14-8-3-9-15-22)21-20(17-10-4-2-5-11-17)19-13-7-6-12-18(19)16-23-21/h2,4-7,10-13,20-21,23H,3,8-9,14-16H2,1H3. The van der Waals surface area contributed by atoms with Gasteiger partial charge in [-0.15, -0.1) is 0 Å². The normalized spacial score (nSPS) is 26.5. The van der Waals surface area contributed by atoms with Crippen molar-refractivity contribution in [3.8, 4) is 0 Å². The Labute approximate surface area is 140 Å². The van der Waals surface area contributed by atoms with E-state index in [-0.39, 0.29) is 0 Å². The lowest BCUT2D eigenvalue weighted by Crippen LogP contribution is -2.51. The minimum Gasteiger partial charge on any atom is -0.308 e. The number of rotatable bonds is 2. The van der Waals surface area contributed by atoms with Crippen LogP contribution in [0.2, 0.25) is 0 Å². The molecule has 2 aliphatic rings. The summed E-state index contributed by atoms with van der Waals surface area (Å²) in [6.45, 7) is 3.54. The maximum atomic E-state index is 3.93. The number of fused-ring (bicyclic) bond motifs is 1. The lowest BCUT2D eigenvalue weighted by atomic mass is 9.63. The molecule has 1 heteroatoms. The molecule has 0 saturated heterocycles. The van der Waals surface area contributed by atoms with Crippen LogP contribution in [0.1, 0.15) is 61.6 Å². The summed E-state index contributed by atoms with van der Waals surface area (Å²) < 4.78 is 0. The fourth-order valence-electron chi connectivity index (χ4n) is 4.87. The minimum atomic E-state index is 0.409. The quantitative estimate of drug-likeness (QED) is 0.798. The summed E-state index contributed by atoms with van der Waals surface area (Å²) in [5.74, 6) is 0.476. The molecule has 1 aliphatic heterocycles. The number of nitrogens with one attached hydrogen (secondary N) is 1. The Bertz CT molecular complexity index is 655. The Morgan fingerprint density at radius 2 is 1.57 bits per heavy atom. The van der Waals surface area contributed by atoms with E-state index >= 15 is 0 Å². The molecule has 2 aromatic rings. The third-order valence-electron chi connectivity index (χ3n) is 6.14. The molecule has 1 N–H and O–H groups in total. The number of benzene rings is 2. The smallest absolute Gasteiger partial charge is 0.0252 e. The van der Waals surface area contributed by atoms with Crippen molar-refractivity contribution in [1.29, 1.82) is 0 Å². The van der Waals surface area contributed by atoms with Crippen LogP contribution in [0.4, 0.5) is 0 Å². The topological polar surface area (TPSA) is 12.0 Å². The van der Waals surface area contributed by atoms with Gasteiger partial charge in [0.1, 0.15) is 0 Å². The van der Waals surface area contributed by atoms with Crippen molar-refractivity contribution in [2.24, 2.45) is 5.41 Å². The third kappa shape index (κ3) is 2.72. The van der Waals surface area contributed by atoms with Crippen LogP contribution < -0.4 is 5.32 Å². The van der Waals surface area contributed by atoms with Crippen LogP contribution in [-0.2, 0) is 6.54 Å². The molecule has 0 spiro atoms.